The lowest BCUT2D eigenvalue weighted by atomic mass is 9.94. The summed E-state index contributed by atoms with van der Waals surface area (Å²) in [5, 5.41) is 3.34. The molecule has 0 bridgehead atoms. The summed E-state index contributed by atoms with van der Waals surface area (Å²) in [6, 6.07) is 16.4. The number of carbonyl (C=O) groups is 1. The predicted molar refractivity (Wildman–Crippen MR) is 108 cm³/mol. The summed E-state index contributed by atoms with van der Waals surface area (Å²) < 4.78 is 5.30. The Morgan fingerprint density at radius 3 is 2.56 bits per heavy atom. The SMILES string of the molecule is COc1ccc(C(C(=O)NC2CCCCC2)N2CCc3ccccc32)cc1. The average Bonchev–Trinajstić information content (AvgIpc) is 3.13. The normalized spacial score (nSPS) is 18.0. The number of methoxy groups -OCH3 is 1. The highest BCUT2D eigenvalue weighted by Crippen LogP contribution is 2.36. The van der Waals surface area contributed by atoms with Gasteiger partial charge < -0.3 is 15.0 Å². The fourth-order valence-corrected chi connectivity index (χ4v) is 4.42. The molecular weight excluding hydrogens is 336 g/mol. The molecule has 1 unspecified atom stereocenters. The number of nitrogens with one attached hydrogen (secondary N) is 1. The van der Waals surface area contributed by atoms with E-state index in [4.69, 9.17) is 4.74 Å². The van der Waals surface area contributed by atoms with Crippen LogP contribution in [0.3, 0.4) is 0 Å². The molecule has 2 aromatic rings. The van der Waals surface area contributed by atoms with Gasteiger partial charge in [0.15, 0.2) is 0 Å². The van der Waals surface area contributed by atoms with Gasteiger partial charge in [0.25, 0.3) is 0 Å². The molecule has 1 heterocycles. The van der Waals surface area contributed by atoms with Crippen LogP contribution in [0.4, 0.5) is 5.69 Å². The third-order valence-corrected chi connectivity index (χ3v) is 5.87. The van der Waals surface area contributed by atoms with E-state index in [0.29, 0.717) is 6.04 Å². The second-order valence-electron chi connectivity index (χ2n) is 7.59. The number of anilines is 1. The second-order valence-corrected chi connectivity index (χ2v) is 7.59. The van der Waals surface area contributed by atoms with Gasteiger partial charge in [-0.3, -0.25) is 4.79 Å². The fourth-order valence-electron chi connectivity index (χ4n) is 4.42. The molecule has 4 nitrogen and oxygen atoms in total. The van der Waals surface area contributed by atoms with E-state index in [1.807, 2.05) is 24.3 Å². The van der Waals surface area contributed by atoms with Gasteiger partial charge >= 0.3 is 0 Å². The van der Waals surface area contributed by atoms with Gasteiger partial charge in [-0.25, -0.2) is 0 Å². The number of fused-ring (bicyclic) bond motifs is 1. The maximum absolute atomic E-state index is 13.4. The van der Waals surface area contributed by atoms with Crippen molar-refractivity contribution >= 4 is 11.6 Å². The van der Waals surface area contributed by atoms with Crippen molar-refractivity contribution < 1.29 is 9.53 Å². The number of para-hydroxylation sites is 1. The number of hydrogen-bond donors (Lipinski definition) is 1. The molecular formula is C23H28N2O2. The van der Waals surface area contributed by atoms with E-state index >= 15 is 0 Å². The first-order valence-corrected chi connectivity index (χ1v) is 10.0. The van der Waals surface area contributed by atoms with Crippen LogP contribution in [0.15, 0.2) is 48.5 Å². The standard InChI is InChI=1S/C23H28N2O2/c1-27-20-13-11-18(12-14-20)22(23(26)24-19-8-3-2-4-9-19)25-16-15-17-7-5-6-10-21(17)25/h5-7,10-14,19,22H,2-4,8-9,15-16H2,1H3,(H,24,26). The summed E-state index contributed by atoms with van der Waals surface area (Å²) in [6.45, 7) is 0.869. The summed E-state index contributed by atoms with van der Waals surface area (Å²) in [5.41, 5.74) is 3.51. The molecule has 0 radical (unpaired) electrons. The van der Waals surface area contributed by atoms with Crippen molar-refractivity contribution in [2.75, 3.05) is 18.6 Å². The molecule has 2 aliphatic rings. The smallest absolute Gasteiger partial charge is 0.247 e. The van der Waals surface area contributed by atoms with E-state index in [2.05, 4.69) is 34.5 Å². The summed E-state index contributed by atoms with van der Waals surface area (Å²) in [6.07, 6.45) is 6.89. The van der Waals surface area contributed by atoms with Crippen molar-refractivity contribution in [1.82, 2.24) is 5.32 Å². The number of nitrogens with zero attached hydrogens (tertiary/aromatic N) is 1. The van der Waals surface area contributed by atoms with Gasteiger partial charge in [-0.15, -0.1) is 0 Å². The van der Waals surface area contributed by atoms with Crippen LogP contribution in [0.2, 0.25) is 0 Å². The zero-order valence-electron chi connectivity index (χ0n) is 16.0. The number of carbonyl (C=O) groups excluding carboxylic acids is 1. The minimum atomic E-state index is -0.304. The summed E-state index contributed by atoms with van der Waals surface area (Å²) >= 11 is 0. The van der Waals surface area contributed by atoms with Crippen LogP contribution in [-0.2, 0) is 11.2 Å². The molecule has 0 saturated heterocycles. The molecule has 4 rings (SSSR count). The minimum absolute atomic E-state index is 0.115. The van der Waals surface area contributed by atoms with E-state index in [1.165, 1.54) is 30.5 Å². The highest BCUT2D eigenvalue weighted by Gasteiger charge is 2.33. The first-order chi connectivity index (χ1) is 13.3. The van der Waals surface area contributed by atoms with Crippen molar-refractivity contribution in [3.8, 4) is 5.75 Å². The largest absolute Gasteiger partial charge is 0.497 e. The van der Waals surface area contributed by atoms with Gasteiger partial charge in [0.05, 0.1) is 7.11 Å². The molecule has 0 aromatic heterocycles. The fraction of sp³-hybridized carbons (Fsp3) is 0.435. The van der Waals surface area contributed by atoms with E-state index in [1.54, 1.807) is 7.11 Å². The van der Waals surface area contributed by atoms with E-state index in [-0.39, 0.29) is 11.9 Å². The quantitative estimate of drug-likeness (QED) is 0.862. The number of hydrogen-bond acceptors (Lipinski definition) is 3. The molecule has 1 fully saturated rings. The third-order valence-electron chi connectivity index (χ3n) is 5.87. The Labute approximate surface area is 161 Å². The van der Waals surface area contributed by atoms with Crippen LogP contribution in [0.25, 0.3) is 0 Å². The molecule has 1 amide bonds. The zero-order valence-corrected chi connectivity index (χ0v) is 16.0. The van der Waals surface area contributed by atoms with Crippen LogP contribution in [0.5, 0.6) is 5.75 Å². The van der Waals surface area contributed by atoms with Gasteiger partial charge in [-0.1, -0.05) is 49.6 Å². The van der Waals surface area contributed by atoms with Crippen molar-refractivity contribution in [3.63, 3.8) is 0 Å². The molecule has 4 heteroatoms. The zero-order chi connectivity index (χ0) is 18.6. The van der Waals surface area contributed by atoms with E-state index in [0.717, 1.165) is 37.1 Å². The topological polar surface area (TPSA) is 41.6 Å². The molecule has 1 N–H and O–H groups in total. The number of benzene rings is 2. The van der Waals surface area contributed by atoms with Crippen molar-refractivity contribution in [3.05, 3.63) is 59.7 Å². The highest BCUT2D eigenvalue weighted by atomic mass is 16.5. The Morgan fingerprint density at radius 2 is 1.81 bits per heavy atom. The van der Waals surface area contributed by atoms with Crippen molar-refractivity contribution in [2.45, 2.75) is 50.6 Å². The molecule has 1 aliphatic carbocycles. The summed E-state index contributed by atoms with van der Waals surface area (Å²) in [4.78, 5) is 15.6. The number of ether oxygens (including phenoxy) is 1. The number of amides is 1. The Bertz CT molecular complexity index is 781. The Balaban J connectivity index is 1.63. The van der Waals surface area contributed by atoms with Crippen LogP contribution in [0, 0.1) is 0 Å². The van der Waals surface area contributed by atoms with E-state index < -0.39 is 0 Å². The Morgan fingerprint density at radius 1 is 1.07 bits per heavy atom. The Hall–Kier alpha value is -2.49. The van der Waals surface area contributed by atoms with Crippen LogP contribution in [-0.4, -0.2) is 25.6 Å². The monoisotopic (exact) mass is 364 g/mol. The van der Waals surface area contributed by atoms with Gasteiger partial charge in [-0.05, 0) is 48.6 Å². The lowest BCUT2D eigenvalue weighted by Crippen LogP contribution is -2.44. The molecule has 1 aliphatic heterocycles. The van der Waals surface area contributed by atoms with Gasteiger partial charge in [0, 0.05) is 18.3 Å². The predicted octanol–water partition coefficient (Wildman–Crippen LogP) is 4.25. The average molecular weight is 364 g/mol. The highest BCUT2D eigenvalue weighted by molar-refractivity contribution is 5.87. The number of rotatable bonds is 5. The van der Waals surface area contributed by atoms with E-state index in [9.17, 15) is 4.79 Å². The molecule has 0 spiro atoms. The molecule has 142 valence electrons. The van der Waals surface area contributed by atoms with Gasteiger partial charge in [-0.2, -0.15) is 0 Å². The maximum Gasteiger partial charge on any atom is 0.247 e. The molecule has 1 saturated carbocycles. The van der Waals surface area contributed by atoms with Gasteiger partial charge in [0.1, 0.15) is 11.8 Å². The minimum Gasteiger partial charge on any atom is -0.497 e. The second kappa shape index (κ2) is 8.03. The maximum atomic E-state index is 13.4. The summed E-state index contributed by atoms with van der Waals surface area (Å²) in [7, 11) is 1.67. The summed E-state index contributed by atoms with van der Waals surface area (Å²) in [5.74, 6) is 0.927. The van der Waals surface area contributed by atoms with Crippen LogP contribution < -0.4 is 15.0 Å². The molecule has 1 atom stereocenters. The van der Waals surface area contributed by atoms with Crippen LogP contribution >= 0.6 is 0 Å². The third kappa shape index (κ3) is 3.80. The van der Waals surface area contributed by atoms with Crippen molar-refractivity contribution in [2.24, 2.45) is 0 Å². The lowest BCUT2D eigenvalue weighted by Gasteiger charge is -2.32. The van der Waals surface area contributed by atoms with Crippen molar-refractivity contribution in [1.29, 1.82) is 0 Å². The van der Waals surface area contributed by atoms with Gasteiger partial charge in [0.2, 0.25) is 5.91 Å². The first kappa shape index (κ1) is 17.9. The van der Waals surface area contributed by atoms with Crippen LogP contribution in [0.1, 0.15) is 49.3 Å². The first-order valence-electron chi connectivity index (χ1n) is 10.0. The lowest BCUT2D eigenvalue weighted by molar-refractivity contribution is -0.123. The molecule has 2 aromatic carbocycles. The molecule has 27 heavy (non-hydrogen) atoms. The Kier molecular flexibility index (Phi) is 5.33.